The van der Waals surface area contributed by atoms with Crippen LogP contribution in [0.25, 0.3) is 0 Å². The molecule has 0 atom stereocenters. The smallest absolute Gasteiger partial charge is 0.261 e. The number of aryl methyl sites for hydroxylation is 2. The molecule has 1 aliphatic carbocycles. The van der Waals surface area contributed by atoms with E-state index in [2.05, 4.69) is 25.2 Å². The summed E-state index contributed by atoms with van der Waals surface area (Å²) in [7, 11) is 0. The van der Waals surface area contributed by atoms with Gasteiger partial charge in [0.05, 0.1) is 4.88 Å². The van der Waals surface area contributed by atoms with Crippen LogP contribution < -0.4 is 11.1 Å². The molecule has 1 heterocycles. The Balaban J connectivity index is 1.98. The lowest BCUT2D eigenvalue weighted by Crippen LogP contribution is -2.49. The van der Waals surface area contributed by atoms with Crippen molar-refractivity contribution >= 4 is 17.2 Å². The van der Waals surface area contributed by atoms with Crippen LogP contribution in [-0.2, 0) is 12.8 Å². The highest BCUT2D eigenvalue weighted by Crippen LogP contribution is 2.29. The molecule has 3 N–H and O–H groups in total. The van der Waals surface area contributed by atoms with Crippen LogP contribution in [0.5, 0.6) is 0 Å². The van der Waals surface area contributed by atoms with E-state index in [0.717, 1.165) is 30.6 Å². The quantitative estimate of drug-likeness (QED) is 0.871. The lowest BCUT2D eigenvalue weighted by Gasteiger charge is -2.26. The molecule has 0 fully saturated rings. The average molecular weight is 280 g/mol. The minimum Gasteiger partial charge on any atom is -0.349 e. The van der Waals surface area contributed by atoms with Crippen LogP contribution in [0.2, 0.25) is 0 Å². The first-order chi connectivity index (χ1) is 9.08. The van der Waals surface area contributed by atoms with Gasteiger partial charge in [0.1, 0.15) is 0 Å². The highest BCUT2D eigenvalue weighted by molar-refractivity contribution is 7.14. The van der Waals surface area contributed by atoms with Gasteiger partial charge in [-0.05, 0) is 50.2 Å². The number of nitrogens with two attached hydrogens (primary N) is 1. The van der Waals surface area contributed by atoms with Gasteiger partial charge < -0.3 is 11.1 Å². The minimum absolute atomic E-state index is 0.0381. The van der Waals surface area contributed by atoms with Crippen molar-refractivity contribution in [3.8, 4) is 0 Å². The molecule has 3 nitrogen and oxygen atoms in total. The van der Waals surface area contributed by atoms with Crippen LogP contribution in [0, 0.1) is 0 Å². The maximum absolute atomic E-state index is 12.2. The summed E-state index contributed by atoms with van der Waals surface area (Å²) in [6, 6.07) is 2.07. The summed E-state index contributed by atoms with van der Waals surface area (Å²) in [6.07, 6.45) is 6.53. The maximum atomic E-state index is 12.2. The van der Waals surface area contributed by atoms with Crippen molar-refractivity contribution in [1.29, 1.82) is 0 Å². The lowest BCUT2D eigenvalue weighted by molar-refractivity contribution is 0.0946. The van der Waals surface area contributed by atoms with Crippen molar-refractivity contribution in [3.05, 3.63) is 21.4 Å². The molecule has 0 saturated heterocycles. The molecule has 1 amide bonds. The highest BCUT2D eigenvalue weighted by atomic mass is 32.1. The molecule has 106 valence electrons. The zero-order valence-corrected chi connectivity index (χ0v) is 12.7. The first kappa shape index (κ1) is 14.5. The fraction of sp³-hybridized carbons (Fsp3) is 0.667. The van der Waals surface area contributed by atoms with Gasteiger partial charge in [0.15, 0.2) is 0 Å². The van der Waals surface area contributed by atoms with Crippen LogP contribution in [0.15, 0.2) is 6.07 Å². The van der Waals surface area contributed by atoms with E-state index in [1.54, 1.807) is 11.3 Å². The Morgan fingerprint density at radius 2 is 2.05 bits per heavy atom. The second-order valence-corrected chi connectivity index (χ2v) is 6.66. The largest absolute Gasteiger partial charge is 0.349 e. The van der Waals surface area contributed by atoms with Gasteiger partial charge in [-0.1, -0.05) is 13.8 Å². The van der Waals surface area contributed by atoms with E-state index in [1.165, 1.54) is 23.3 Å². The summed E-state index contributed by atoms with van der Waals surface area (Å²) in [4.78, 5) is 14.4. The molecule has 0 spiro atoms. The first-order valence-corrected chi connectivity index (χ1v) is 8.08. The van der Waals surface area contributed by atoms with Gasteiger partial charge in [-0.3, -0.25) is 4.79 Å². The number of hydrogen-bond acceptors (Lipinski definition) is 3. The van der Waals surface area contributed by atoms with Gasteiger partial charge in [-0.2, -0.15) is 0 Å². The molecule has 19 heavy (non-hydrogen) atoms. The third kappa shape index (κ3) is 3.37. The number of carbonyl (C=O) groups excluding carboxylic acids is 1. The number of fused-ring (bicyclic) bond motifs is 1. The topological polar surface area (TPSA) is 55.1 Å². The van der Waals surface area contributed by atoms with Gasteiger partial charge in [0.25, 0.3) is 5.91 Å². The Hall–Kier alpha value is -0.870. The zero-order chi connectivity index (χ0) is 13.9. The predicted molar refractivity (Wildman–Crippen MR) is 80.8 cm³/mol. The summed E-state index contributed by atoms with van der Waals surface area (Å²) in [5.74, 6) is 0.0381. The van der Waals surface area contributed by atoms with Crippen LogP contribution in [0.1, 0.15) is 59.6 Å². The molecule has 4 heteroatoms. The molecule has 0 radical (unpaired) electrons. The Bertz CT molecular complexity index is 425. The number of hydrogen-bond donors (Lipinski definition) is 2. The average Bonchev–Trinajstić information content (AvgIpc) is 2.88. The van der Waals surface area contributed by atoms with Crippen molar-refractivity contribution < 1.29 is 4.79 Å². The maximum Gasteiger partial charge on any atom is 0.261 e. The summed E-state index contributed by atoms with van der Waals surface area (Å²) in [6.45, 7) is 4.69. The fourth-order valence-corrected chi connectivity index (χ4v) is 3.62. The minimum atomic E-state index is -0.271. The number of amides is 1. The van der Waals surface area contributed by atoms with E-state index in [-0.39, 0.29) is 11.4 Å². The summed E-state index contributed by atoms with van der Waals surface area (Å²) in [5, 5.41) is 3.00. The summed E-state index contributed by atoms with van der Waals surface area (Å²) < 4.78 is 0. The third-order valence-electron chi connectivity index (χ3n) is 4.23. The Morgan fingerprint density at radius 3 is 2.68 bits per heavy atom. The molecule has 0 unspecified atom stereocenters. The van der Waals surface area contributed by atoms with Crippen LogP contribution >= 0.6 is 11.3 Å². The number of nitrogens with one attached hydrogen (secondary N) is 1. The summed E-state index contributed by atoms with van der Waals surface area (Å²) in [5.41, 5.74) is 7.32. The van der Waals surface area contributed by atoms with E-state index in [9.17, 15) is 4.79 Å². The number of carbonyl (C=O) groups is 1. The van der Waals surface area contributed by atoms with Gasteiger partial charge in [0.2, 0.25) is 0 Å². The lowest BCUT2D eigenvalue weighted by atomic mass is 9.94. The molecule has 1 aromatic rings. The molecular weight excluding hydrogens is 256 g/mol. The molecule has 0 aromatic carbocycles. The zero-order valence-electron chi connectivity index (χ0n) is 11.9. The first-order valence-electron chi connectivity index (χ1n) is 7.26. The summed E-state index contributed by atoms with van der Waals surface area (Å²) >= 11 is 1.66. The van der Waals surface area contributed by atoms with Crippen molar-refractivity contribution in [2.24, 2.45) is 5.73 Å². The van der Waals surface area contributed by atoms with E-state index < -0.39 is 0 Å². The van der Waals surface area contributed by atoms with Crippen LogP contribution in [-0.4, -0.2) is 18.0 Å². The molecule has 1 aliphatic rings. The molecule has 0 saturated carbocycles. The highest BCUT2D eigenvalue weighted by Gasteiger charge is 2.22. The molecule has 1 aromatic heterocycles. The Morgan fingerprint density at radius 1 is 1.37 bits per heavy atom. The van der Waals surface area contributed by atoms with Gasteiger partial charge >= 0.3 is 0 Å². The van der Waals surface area contributed by atoms with E-state index in [1.807, 2.05) is 0 Å². The van der Waals surface area contributed by atoms with Gasteiger partial charge in [-0.15, -0.1) is 11.3 Å². The van der Waals surface area contributed by atoms with E-state index >= 15 is 0 Å². The molecule has 2 rings (SSSR count). The third-order valence-corrected chi connectivity index (χ3v) is 5.47. The van der Waals surface area contributed by atoms with E-state index in [4.69, 9.17) is 5.73 Å². The molecule has 0 aliphatic heterocycles. The van der Waals surface area contributed by atoms with Gasteiger partial charge in [0, 0.05) is 17.0 Å². The van der Waals surface area contributed by atoms with Crippen molar-refractivity contribution in [3.63, 3.8) is 0 Å². The van der Waals surface area contributed by atoms with Gasteiger partial charge in [-0.25, -0.2) is 0 Å². The molecule has 0 bridgehead atoms. The predicted octanol–water partition coefficient (Wildman–Crippen LogP) is 2.87. The molecular formula is C15H24N2OS. The van der Waals surface area contributed by atoms with Crippen molar-refractivity contribution in [2.45, 2.75) is 57.9 Å². The SMILES string of the molecule is CCC(N)(CC)CNC(=O)c1cc2c(s1)CCCC2. The van der Waals surface area contributed by atoms with Crippen LogP contribution in [0.4, 0.5) is 0 Å². The second-order valence-electron chi connectivity index (χ2n) is 5.52. The van der Waals surface area contributed by atoms with Crippen LogP contribution in [0.3, 0.4) is 0 Å². The fourth-order valence-electron chi connectivity index (χ4n) is 2.45. The number of thiophene rings is 1. The van der Waals surface area contributed by atoms with E-state index in [0.29, 0.717) is 6.54 Å². The van der Waals surface area contributed by atoms with Crippen molar-refractivity contribution in [1.82, 2.24) is 5.32 Å². The van der Waals surface area contributed by atoms with Crippen molar-refractivity contribution in [2.75, 3.05) is 6.54 Å². The Kier molecular flexibility index (Phi) is 4.63. The number of rotatable bonds is 5. The standard InChI is InChI=1S/C15H24N2OS/c1-3-15(16,4-2)10-17-14(18)13-9-11-7-5-6-8-12(11)19-13/h9H,3-8,10,16H2,1-2H3,(H,17,18). The monoisotopic (exact) mass is 280 g/mol. The second kappa shape index (κ2) is 6.06. The Labute approximate surface area is 119 Å². The normalized spacial score (nSPS) is 15.1.